The number of phenols is 1. The smallest absolute Gasteiger partial charge is 0.250 e. The summed E-state index contributed by atoms with van der Waals surface area (Å²) in [6, 6.07) is 10.7. The van der Waals surface area contributed by atoms with Crippen LogP contribution in [0.15, 0.2) is 48.5 Å². The fourth-order valence-electron chi connectivity index (χ4n) is 1.80. The molecule has 23 heavy (non-hydrogen) atoms. The van der Waals surface area contributed by atoms with Crippen molar-refractivity contribution in [3.63, 3.8) is 0 Å². The molecule has 2 rings (SSSR count). The van der Waals surface area contributed by atoms with Crippen LogP contribution in [0.25, 0.3) is 6.08 Å². The number of thiocarbonyl (C=S) groups is 1. The lowest BCUT2D eigenvalue weighted by Gasteiger charge is -2.10. The molecule has 0 aliphatic rings. The van der Waals surface area contributed by atoms with E-state index in [0.717, 1.165) is 5.56 Å². The summed E-state index contributed by atoms with van der Waals surface area (Å²) < 4.78 is 12.8. The van der Waals surface area contributed by atoms with E-state index in [1.165, 1.54) is 24.3 Å². The van der Waals surface area contributed by atoms with Crippen LogP contribution in [-0.2, 0) is 4.79 Å². The summed E-state index contributed by atoms with van der Waals surface area (Å²) >= 11 is 5.03. The highest BCUT2D eigenvalue weighted by Crippen LogP contribution is 2.23. The van der Waals surface area contributed by atoms with Crippen molar-refractivity contribution in [2.24, 2.45) is 0 Å². The Morgan fingerprint density at radius 2 is 1.91 bits per heavy atom. The number of rotatable bonds is 3. The monoisotopic (exact) mass is 330 g/mol. The Morgan fingerprint density at radius 1 is 1.22 bits per heavy atom. The molecule has 4 nitrogen and oxygen atoms in total. The third-order valence-corrected chi connectivity index (χ3v) is 3.14. The average Bonchev–Trinajstić information content (AvgIpc) is 2.50. The minimum absolute atomic E-state index is 0.0362. The van der Waals surface area contributed by atoms with E-state index in [1.54, 1.807) is 30.3 Å². The van der Waals surface area contributed by atoms with Crippen LogP contribution < -0.4 is 10.6 Å². The maximum atomic E-state index is 12.8. The number of phenolic OH excluding ortho intramolecular Hbond substituents is 1. The largest absolute Gasteiger partial charge is 0.506 e. The van der Waals surface area contributed by atoms with Crippen molar-refractivity contribution >= 4 is 35.0 Å². The quantitative estimate of drug-likeness (QED) is 0.459. The van der Waals surface area contributed by atoms with Gasteiger partial charge in [-0.05, 0) is 60.6 Å². The van der Waals surface area contributed by atoms with Gasteiger partial charge in [-0.2, -0.15) is 0 Å². The molecule has 6 heteroatoms. The SMILES string of the molecule is Cc1ccc(O)c(NC(=S)NC(=O)C=Cc2ccc(F)cc2)c1. The number of carbonyl (C=O) groups is 1. The molecule has 0 unspecified atom stereocenters. The van der Waals surface area contributed by atoms with Crippen LogP contribution in [0.3, 0.4) is 0 Å². The molecule has 0 fully saturated rings. The Labute approximate surface area is 138 Å². The first-order valence-electron chi connectivity index (χ1n) is 6.79. The first-order chi connectivity index (χ1) is 10.9. The minimum atomic E-state index is -0.432. The highest BCUT2D eigenvalue weighted by atomic mass is 32.1. The first kappa shape index (κ1) is 16.6. The summed E-state index contributed by atoms with van der Waals surface area (Å²) in [7, 11) is 0. The van der Waals surface area contributed by atoms with Crippen LogP contribution in [0.2, 0.25) is 0 Å². The van der Waals surface area contributed by atoms with Gasteiger partial charge in [-0.15, -0.1) is 0 Å². The molecular formula is C17H15FN2O2S. The number of anilines is 1. The minimum Gasteiger partial charge on any atom is -0.506 e. The molecule has 3 N–H and O–H groups in total. The second-order valence-corrected chi connectivity index (χ2v) is 5.26. The van der Waals surface area contributed by atoms with Gasteiger partial charge in [0.15, 0.2) is 5.11 Å². The molecule has 2 aromatic carbocycles. The number of amides is 1. The molecular weight excluding hydrogens is 315 g/mol. The number of hydrogen-bond acceptors (Lipinski definition) is 3. The summed E-state index contributed by atoms with van der Waals surface area (Å²) in [6.45, 7) is 1.87. The van der Waals surface area contributed by atoms with Gasteiger partial charge in [-0.3, -0.25) is 10.1 Å². The predicted molar refractivity (Wildman–Crippen MR) is 92.6 cm³/mol. The van der Waals surface area contributed by atoms with Crippen molar-refractivity contribution < 1.29 is 14.3 Å². The number of benzene rings is 2. The number of aromatic hydroxyl groups is 1. The molecule has 2 aromatic rings. The topological polar surface area (TPSA) is 61.4 Å². The van der Waals surface area contributed by atoms with Crippen LogP contribution >= 0.6 is 12.2 Å². The van der Waals surface area contributed by atoms with Crippen molar-refractivity contribution in [3.05, 3.63) is 65.5 Å². The normalized spacial score (nSPS) is 10.5. The molecule has 0 bridgehead atoms. The van der Waals surface area contributed by atoms with Crippen LogP contribution in [-0.4, -0.2) is 16.1 Å². The van der Waals surface area contributed by atoms with Gasteiger partial charge in [0.05, 0.1) is 5.69 Å². The molecule has 0 heterocycles. The van der Waals surface area contributed by atoms with Gasteiger partial charge >= 0.3 is 0 Å². The highest BCUT2D eigenvalue weighted by molar-refractivity contribution is 7.80. The van der Waals surface area contributed by atoms with E-state index >= 15 is 0 Å². The fraction of sp³-hybridized carbons (Fsp3) is 0.0588. The molecule has 0 atom stereocenters. The molecule has 0 saturated heterocycles. The Bertz CT molecular complexity index is 758. The van der Waals surface area contributed by atoms with E-state index in [9.17, 15) is 14.3 Å². The summed E-state index contributed by atoms with van der Waals surface area (Å²) in [5.74, 6) is -0.733. The van der Waals surface area contributed by atoms with E-state index < -0.39 is 5.91 Å². The van der Waals surface area contributed by atoms with Crippen molar-refractivity contribution in [1.82, 2.24) is 5.32 Å². The molecule has 0 saturated carbocycles. The van der Waals surface area contributed by atoms with Crippen molar-refractivity contribution in [2.45, 2.75) is 6.92 Å². The van der Waals surface area contributed by atoms with Gasteiger partial charge in [0.25, 0.3) is 0 Å². The third kappa shape index (κ3) is 5.19. The zero-order valence-electron chi connectivity index (χ0n) is 12.3. The zero-order valence-corrected chi connectivity index (χ0v) is 13.2. The molecule has 0 aliphatic carbocycles. The molecule has 1 amide bonds. The van der Waals surface area contributed by atoms with Gasteiger partial charge in [-0.1, -0.05) is 18.2 Å². The first-order valence-corrected chi connectivity index (χ1v) is 7.20. The number of halogens is 1. The number of aryl methyl sites for hydroxylation is 1. The lowest BCUT2D eigenvalue weighted by molar-refractivity contribution is -0.115. The Hall–Kier alpha value is -2.73. The molecule has 0 spiro atoms. The molecule has 0 aliphatic heterocycles. The van der Waals surface area contributed by atoms with E-state index in [-0.39, 0.29) is 16.7 Å². The second kappa shape index (κ2) is 7.51. The summed E-state index contributed by atoms with van der Waals surface area (Å²) in [6.07, 6.45) is 2.83. The standard InChI is InChI=1S/C17H15FN2O2S/c1-11-2-8-15(21)14(10-11)19-17(23)20-16(22)9-5-12-3-6-13(18)7-4-12/h2-10,21H,1H3,(H2,19,20,22,23). The van der Waals surface area contributed by atoms with Gasteiger partial charge in [0, 0.05) is 6.08 Å². The van der Waals surface area contributed by atoms with Crippen LogP contribution in [0, 0.1) is 12.7 Å². The maximum Gasteiger partial charge on any atom is 0.250 e. The number of hydrogen-bond donors (Lipinski definition) is 3. The average molecular weight is 330 g/mol. The number of carbonyl (C=O) groups excluding carboxylic acids is 1. The van der Waals surface area contributed by atoms with Crippen LogP contribution in [0.4, 0.5) is 10.1 Å². The third-order valence-electron chi connectivity index (χ3n) is 2.93. The molecule has 0 aromatic heterocycles. The van der Waals surface area contributed by atoms with Gasteiger partial charge in [0.1, 0.15) is 11.6 Å². The van der Waals surface area contributed by atoms with E-state index in [2.05, 4.69) is 10.6 Å². The fourth-order valence-corrected chi connectivity index (χ4v) is 2.01. The van der Waals surface area contributed by atoms with E-state index in [4.69, 9.17) is 12.2 Å². The van der Waals surface area contributed by atoms with Gasteiger partial charge in [0.2, 0.25) is 5.91 Å². The summed E-state index contributed by atoms with van der Waals surface area (Å²) in [4.78, 5) is 11.8. The summed E-state index contributed by atoms with van der Waals surface area (Å²) in [5, 5.41) is 15.0. The van der Waals surface area contributed by atoms with Crippen molar-refractivity contribution in [2.75, 3.05) is 5.32 Å². The van der Waals surface area contributed by atoms with E-state index in [1.807, 2.05) is 6.92 Å². The van der Waals surface area contributed by atoms with Gasteiger partial charge in [-0.25, -0.2) is 4.39 Å². The zero-order chi connectivity index (χ0) is 16.8. The van der Waals surface area contributed by atoms with E-state index in [0.29, 0.717) is 11.3 Å². The Morgan fingerprint density at radius 3 is 2.61 bits per heavy atom. The van der Waals surface area contributed by atoms with Crippen molar-refractivity contribution in [3.8, 4) is 5.75 Å². The summed E-state index contributed by atoms with van der Waals surface area (Å²) in [5.41, 5.74) is 2.05. The predicted octanol–water partition coefficient (Wildman–Crippen LogP) is 3.37. The number of nitrogens with one attached hydrogen (secondary N) is 2. The maximum absolute atomic E-state index is 12.8. The van der Waals surface area contributed by atoms with Crippen LogP contribution in [0.1, 0.15) is 11.1 Å². The van der Waals surface area contributed by atoms with Crippen LogP contribution in [0.5, 0.6) is 5.75 Å². The lowest BCUT2D eigenvalue weighted by Crippen LogP contribution is -2.32. The second-order valence-electron chi connectivity index (χ2n) is 4.85. The molecule has 0 radical (unpaired) electrons. The molecule has 118 valence electrons. The Balaban J connectivity index is 1.93. The Kier molecular flexibility index (Phi) is 5.43. The van der Waals surface area contributed by atoms with Crippen molar-refractivity contribution in [1.29, 1.82) is 0 Å². The van der Waals surface area contributed by atoms with Gasteiger partial charge < -0.3 is 10.4 Å². The highest BCUT2D eigenvalue weighted by Gasteiger charge is 2.05. The lowest BCUT2D eigenvalue weighted by atomic mass is 10.2.